The predicted molar refractivity (Wildman–Crippen MR) is 38.6 cm³/mol. The van der Waals surface area contributed by atoms with Crippen molar-refractivity contribution < 1.29 is 17.6 Å². The highest BCUT2D eigenvalue weighted by atomic mass is 32.2. The van der Waals surface area contributed by atoms with Crippen molar-refractivity contribution in [3.63, 3.8) is 0 Å². The molecule has 0 saturated carbocycles. The van der Waals surface area contributed by atoms with Gasteiger partial charge in [0.05, 0.1) is 0 Å². The van der Waals surface area contributed by atoms with Gasteiger partial charge in [0.25, 0.3) is 0 Å². The fraction of sp³-hybridized carbons (Fsp3) is 1.00. The van der Waals surface area contributed by atoms with Crippen LogP contribution in [0, 0.1) is 0 Å². The molecule has 5 heteroatoms. The van der Waals surface area contributed by atoms with Crippen LogP contribution in [0.3, 0.4) is 0 Å². The zero-order chi connectivity index (χ0) is 8.69. The van der Waals surface area contributed by atoms with Gasteiger partial charge in [-0.15, -0.1) is 0 Å². The van der Waals surface area contributed by atoms with Crippen LogP contribution in [0.1, 0.15) is 12.8 Å². The zero-order valence-corrected chi connectivity index (χ0v) is 6.72. The molecular formula is C6H10F4S. The third-order valence-electron chi connectivity index (χ3n) is 0.961. The highest BCUT2D eigenvalue weighted by Crippen LogP contribution is 2.11. The van der Waals surface area contributed by atoms with Gasteiger partial charge in [-0.2, -0.15) is 11.8 Å². The number of rotatable bonds is 6. The van der Waals surface area contributed by atoms with Gasteiger partial charge in [-0.3, -0.25) is 0 Å². The third kappa shape index (κ3) is 10.1. The highest BCUT2D eigenvalue weighted by Gasteiger charge is 2.04. The molecule has 0 saturated heterocycles. The molecule has 0 aliphatic carbocycles. The second kappa shape index (κ2) is 6.76. The molecule has 0 aliphatic rings. The van der Waals surface area contributed by atoms with Gasteiger partial charge in [0.2, 0.25) is 12.9 Å². The molecule has 0 heterocycles. The van der Waals surface area contributed by atoms with Crippen LogP contribution in [-0.2, 0) is 0 Å². The van der Waals surface area contributed by atoms with Crippen LogP contribution in [0.2, 0.25) is 0 Å². The van der Waals surface area contributed by atoms with Crippen LogP contribution in [0.15, 0.2) is 0 Å². The Kier molecular flexibility index (Phi) is 6.80. The Bertz CT molecular complexity index is 76.7. The van der Waals surface area contributed by atoms with E-state index in [-0.39, 0.29) is 24.3 Å². The lowest BCUT2D eigenvalue weighted by atomic mass is 10.5. The lowest BCUT2D eigenvalue weighted by molar-refractivity contribution is 0.144. The second-order valence-electron chi connectivity index (χ2n) is 1.97. The van der Waals surface area contributed by atoms with Crippen molar-refractivity contribution in [3.8, 4) is 0 Å². The van der Waals surface area contributed by atoms with E-state index in [2.05, 4.69) is 0 Å². The molecule has 68 valence electrons. The van der Waals surface area contributed by atoms with E-state index >= 15 is 0 Å². The molecule has 0 aromatic carbocycles. The topological polar surface area (TPSA) is 0 Å². The maximum absolute atomic E-state index is 11.5. The molecule has 0 fully saturated rings. The second-order valence-corrected chi connectivity index (χ2v) is 3.20. The van der Waals surface area contributed by atoms with Crippen LogP contribution >= 0.6 is 11.8 Å². The van der Waals surface area contributed by atoms with E-state index in [1.807, 2.05) is 0 Å². The van der Waals surface area contributed by atoms with E-state index < -0.39 is 12.9 Å². The van der Waals surface area contributed by atoms with E-state index in [0.717, 1.165) is 11.8 Å². The van der Waals surface area contributed by atoms with Crippen LogP contribution in [0.25, 0.3) is 0 Å². The number of alkyl halides is 4. The molecule has 0 unspecified atom stereocenters. The predicted octanol–water partition coefficient (Wildman–Crippen LogP) is 3.03. The van der Waals surface area contributed by atoms with Crippen molar-refractivity contribution >= 4 is 11.8 Å². The number of halogens is 4. The molecule has 0 aromatic rings. The molecule has 0 rings (SSSR count). The van der Waals surface area contributed by atoms with E-state index in [1.54, 1.807) is 0 Å². The first-order chi connectivity index (χ1) is 5.13. The monoisotopic (exact) mass is 190 g/mol. The summed E-state index contributed by atoms with van der Waals surface area (Å²) in [6, 6.07) is 0. The van der Waals surface area contributed by atoms with Crippen LogP contribution in [-0.4, -0.2) is 24.4 Å². The van der Waals surface area contributed by atoms with Crippen molar-refractivity contribution in [1.29, 1.82) is 0 Å². The number of hydrogen-bond donors (Lipinski definition) is 0. The van der Waals surface area contributed by atoms with E-state index in [1.165, 1.54) is 0 Å². The zero-order valence-electron chi connectivity index (χ0n) is 5.90. The van der Waals surface area contributed by atoms with Crippen molar-refractivity contribution in [1.82, 2.24) is 0 Å². The number of hydrogen-bond acceptors (Lipinski definition) is 1. The third-order valence-corrected chi connectivity index (χ3v) is 2.01. The summed E-state index contributed by atoms with van der Waals surface area (Å²) in [5.74, 6) is 0.536. The molecule has 11 heavy (non-hydrogen) atoms. The first-order valence-electron chi connectivity index (χ1n) is 3.27. The summed E-state index contributed by atoms with van der Waals surface area (Å²) < 4.78 is 45.8. The molecule has 0 radical (unpaired) electrons. The quantitative estimate of drug-likeness (QED) is 0.458. The summed E-state index contributed by atoms with van der Waals surface area (Å²) in [5, 5.41) is 0. The van der Waals surface area contributed by atoms with Gasteiger partial charge >= 0.3 is 0 Å². The van der Waals surface area contributed by atoms with Crippen molar-refractivity contribution in [2.45, 2.75) is 25.7 Å². The van der Waals surface area contributed by atoms with Crippen LogP contribution in [0.4, 0.5) is 17.6 Å². The van der Waals surface area contributed by atoms with Gasteiger partial charge in [-0.1, -0.05) is 0 Å². The first-order valence-corrected chi connectivity index (χ1v) is 4.42. The molecule has 0 N–H and O–H groups in total. The normalized spacial score (nSPS) is 11.5. The maximum Gasteiger partial charge on any atom is 0.239 e. The Morgan fingerprint density at radius 3 is 1.45 bits per heavy atom. The minimum atomic E-state index is -2.31. The van der Waals surface area contributed by atoms with Crippen LogP contribution in [0.5, 0.6) is 0 Å². The van der Waals surface area contributed by atoms with Gasteiger partial charge in [0.15, 0.2) is 0 Å². The average molecular weight is 190 g/mol. The lowest BCUT2D eigenvalue weighted by Gasteiger charge is -1.99. The molecular weight excluding hydrogens is 180 g/mol. The Morgan fingerprint density at radius 1 is 0.818 bits per heavy atom. The van der Waals surface area contributed by atoms with Gasteiger partial charge in [-0.05, 0) is 11.5 Å². The molecule has 0 aromatic heterocycles. The standard InChI is InChI=1S/C6H10F4S/c7-5(8)1-3-11-4-2-6(9)10/h5-6H,1-4H2. The summed E-state index contributed by atoms with van der Waals surface area (Å²) in [5.41, 5.74) is 0. The van der Waals surface area contributed by atoms with Gasteiger partial charge < -0.3 is 0 Å². The Morgan fingerprint density at radius 2 is 1.18 bits per heavy atom. The summed E-state index contributed by atoms with van der Waals surface area (Å²) in [7, 11) is 0. The Balaban J connectivity index is 2.91. The molecule has 0 amide bonds. The largest absolute Gasteiger partial charge is 0.239 e. The van der Waals surface area contributed by atoms with Gasteiger partial charge in [0.1, 0.15) is 0 Å². The molecule has 0 spiro atoms. The molecule has 0 bridgehead atoms. The van der Waals surface area contributed by atoms with E-state index in [4.69, 9.17) is 0 Å². The smallest absolute Gasteiger partial charge is 0.211 e. The van der Waals surface area contributed by atoms with E-state index in [9.17, 15) is 17.6 Å². The summed E-state index contributed by atoms with van der Waals surface area (Å²) in [6.45, 7) is 0. The summed E-state index contributed by atoms with van der Waals surface area (Å²) in [6.07, 6.45) is -5.02. The summed E-state index contributed by atoms with van der Waals surface area (Å²) >= 11 is 1.15. The summed E-state index contributed by atoms with van der Waals surface area (Å²) in [4.78, 5) is 0. The lowest BCUT2D eigenvalue weighted by Crippen LogP contribution is -1.96. The van der Waals surface area contributed by atoms with Gasteiger partial charge in [-0.25, -0.2) is 17.6 Å². The minimum Gasteiger partial charge on any atom is -0.211 e. The van der Waals surface area contributed by atoms with E-state index in [0.29, 0.717) is 0 Å². The van der Waals surface area contributed by atoms with Crippen molar-refractivity contribution in [2.75, 3.05) is 11.5 Å². The van der Waals surface area contributed by atoms with Crippen molar-refractivity contribution in [3.05, 3.63) is 0 Å². The molecule has 0 nitrogen and oxygen atoms in total. The minimum absolute atomic E-state index is 0.200. The number of thioether (sulfide) groups is 1. The van der Waals surface area contributed by atoms with Crippen LogP contribution < -0.4 is 0 Å². The Hall–Kier alpha value is 0.0700. The van der Waals surface area contributed by atoms with Gasteiger partial charge in [0, 0.05) is 12.8 Å². The molecule has 0 aliphatic heterocycles. The molecule has 0 atom stereocenters. The van der Waals surface area contributed by atoms with Crippen molar-refractivity contribution in [2.24, 2.45) is 0 Å². The fourth-order valence-corrected chi connectivity index (χ4v) is 1.34. The average Bonchev–Trinajstić information content (AvgIpc) is 1.85. The SMILES string of the molecule is FC(F)CCSCCC(F)F. The Labute approximate surface area is 67.3 Å². The maximum atomic E-state index is 11.5. The highest BCUT2D eigenvalue weighted by molar-refractivity contribution is 7.99. The first kappa shape index (κ1) is 11.1. The fourth-order valence-electron chi connectivity index (χ4n) is 0.447.